The lowest BCUT2D eigenvalue weighted by Gasteiger charge is -2.37. The van der Waals surface area contributed by atoms with Crippen molar-refractivity contribution in [3.63, 3.8) is 0 Å². The fourth-order valence-corrected chi connectivity index (χ4v) is 4.10. The number of amides is 1. The van der Waals surface area contributed by atoms with Crippen LogP contribution in [0.4, 0.5) is 0 Å². The van der Waals surface area contributed by atoms with Gasteiger partial charge in [0.05, 0.1) is 24.5 Å². The van der Waals surface area contributed by atoms with Crippen molar-refractivity contribution in [1.29, 1.82) is 0 Å². The van der Waals surface area contributed by atoms with Crippen molar-refractivity contribution in [2.45, 2.75) is 50.7 Å². The molecule has 1 aliphatic heterocycles. The number of carbonyl (C=O) groups excluding carboxylic acids is 1. The van der Waals surface area contributed by atoms with Crippen molar-refractivity contribution in [3.8, 4) is 5.75 Å². The summed E-state index contributed by atoms with van der Waals surface area (Å²) in [6, 6.07) is 1.89. The SMILES string of the molecule is COCCOc1cncc(C(=O)N2CCC[C@@H]2[C@@H]2CCCC[C@@H]2O)c1. The van der Waals surface area contributed by atoms with Gasteiger partial charge >= 0.3 is 0 Å². The molecule has 1 aliphatic carbocycles. The van der Waals surface area contributed by atoms with E-state index in [2.05, 4.69) is 4.98 Å². The predicted octanol–water partition coefficient (Wildman–Crippen LogP) is 2.26. The Morgan fingerprint density at radius 1 is 1.24 bits per heavy atom. The zero-order valence-electron chi connectivity index (χ0n) is 14.9. The molecule has 3 rings (SSSR count). The Hall–Kier alpha value is -1.66. The molecule has 1 saturated heterocycles. The summed E-state index contributed by atoms with van der Waals surface area (Å²) < 4.78 is 10.5. The monoisotopic (exact) mass is 348 g/mol. The van der Waals surface area contributed by atoms with Gasteiger partial charge in [-0.3, -0.25) is 9.78 Å². The highest BCUT2D eigenvalue weighted by molar-refractivity contribution is 5.94. The van der Waals surface area contributed by atoms with Gasteiger partial charge in [0.2, 0.25) is 0 Å². The van der Waals surface area contributed by atoms with Crippen LogP contribution in [0.2, 0.25) is 0 Å². The lowest BCUT2D eigenvalue weighted by Crippen LogP contribution is -2.45. The number of hydrogen-bond donors (Lipinski definition) is 1. The number of ether oxygens (including phenoxy) is 2. The van der Waals surface area contributed by atoms with E-state index in [4.69, 9.17) is 9.47 Å². The van der Waals surface area contributed by atoms with Crippen LogP contribution in [-0.2, 0) is 4.74 Å². The van der Waals surface area contributed by atoms with Gasteiger partial charge in [-0.25, -0.2) is 0 Å². The van der Waals surface area contributed by atoms with E-state index in [0.717, 1.165) is 45.1 Å². The van der Waals surface area contributed by atoms with Gasteiger partial charge in [0, 0.05) is 31.8 Å². The van der Waals surface area contributed by atoms with Gasteiger partial charge in [-0.15, -0.1) is 0 Å². The summed E-state index contributed by atoms with van der Waals surface area (Å²) >= 11 is 0. The molecule has 0 spiro atoms. The van der Waals surface area contributed by atoms with Gasteiger partial charge in [0.15, 0.2) is 0 Å². The Balaban J connectivity index is 1.69. The Labute approximate surface area is 149 Å². The van der Waals surface area contributed by atoms with Gasteiger partial charge in [-0.05, 0) is 31.7 Å². The maximum Gasteiger partial charge on any atom is 0.255 e. The summed E-state index contributed by atoms with van der Waals surface area (Å²) in [5.41, 5.74) is 0.548. The summed E-state index contributed by atoms with van der Waals surface area (Å²) in [6.07, 6.45) is 8.99. The molecule has 1 aromatic rings. The second kappa shape index (κ2) is 8.63. The summed E-state index contributed by atoms with van der Waals surface area (Å²) in [5.74, 6) is 0.774. The Morgan fingerprint density at radius 3 is 2.88 bits per heavy atom. The zero-order chi connectivity index (χ0) is 17.6. The van der Waals surface area contributed by atoms with E-state index in [1.54, 1.807) is 25.6 Å². The summed E-state index contributed by atoms with van der Waals surface area (Å²) in [4.78, 5) is 19.1. The molecular formula is C19H28N2O4. The molecule has 2 fully saturated rings. The fourth-order valence-electron chi connectivity index (χ4n) is 4.10. The molecule has 0 aromatic carbocycles. The molecular weight excluding hydrogens is 320 g/mol. The van der Waals surface area contributed by atoms with Crippen molar-refractivity contribution in [1.82, 2.24) is 9.88 Å². The molecule has 6 heteroatoms. The number of rotatable bonds is 6. The van der Waals surface area contributed by atoms with Crippen LogP contribution in [0.25, 0.3) is 0 Å². The highest BCUT2D eigenvalue weighted by Crippen LogP contribution is 2.35. The molecule has 2 heterocycles. The van der Waals surface area contributed by atoms with Gasteiger partial charge in [0.25, 0.3) is 5.91 Å². The van der Waals surface area contributed by atoms with Crippen LogP contribution in [0.1, 0.15) is 48.9 Å². The normalized spacial score (nSPS) is 26.6. The topological polar surface area (TPSA) is 71.9 Å². The quantitative estimate of drug-likeness (QED) is 0.799. The largest absolute Gasteiger partial charge is 0.490 e. The molecule has 1 saturated carbocycles. The van der Waals surface area contributed by atoms with Crippen LogP contribution in [-0.4, -0.2) is 59.9 Å². The molecule has 0 unspecified atom stereocenters. The molecule has 138 valence electrons. The summed E-state index contributed by atoms with van der Waals surface area (Å²) in [5, 5.41) is 10.4. The van der Waals surface area contributed by atoms with E-state index >= 15 is 0 Å². The van der Waals surface area contributed by atoms with Crippen molar-refractivity contribution in [2.75, 3.05) is 26.9 Å². The van der Waals surface area contributed by atoms with E-state index in [1.807, 2.05) is 4.90 Å². The maximum atomic E-state index is 13.0. The average molecular weight is 348 g/mol. The van der Waals surface area contributed by atoms with E-state index in [1.165, 1.54) is 0 Å². The second-order valence-corrected chi connectivity index (χ2v) is 6.97. The predicted molar refractivity (Wildman–Crippen MR) is 93.6 cm³/mol. The minimum absolute atomic E-state index is 0.00929. The molecule has 1 N–H and O–H groups in total. The number of pyridine rings is 1. The molecule has 0 bridgehead atoms. The van der Waals surface area contributed by atoms with Gasteiger partial charge in [-0.1, -0.05) is 12.8 Å². The van der Waals surface area contributed by atoms with Crippen LogP contribution in [0, 0.1) is 5.92 Å². The molecule has 25 heavy (non-hydrogen) atoms. The second-order valence-electron chi connectivity index (χ2n) is 6.97. The van der Waals surface area contributed by atoms with Crippen LogP contribution in [0.3, 0.4) is 0 Å². The highest BCUT2D eigenvalue weighted by atomic mass is 16.5. The van der Waals surface area contributed by atoms with Gasteiger partial charge < -0.3 is 19.5 Å². The third-order valence-electron chi connectivity index (χ3n) is 5.35. The number of aliphatic hydroxyl groups excluding tert-OH is 1. The number of aliphatic hydroxyl groups is 1. The fraction of sp³-hybridized carbons (Fsp3) is 0.684. The van der Waals surface area contributed by atoms with Crippen molar-refractivity contribution in [2.24, 2.45) is 5.92 Å². The molecule has 3 atom stereocenters. The maximum absolute atomic E-state index is 13.0. The number of carbonyl (C=O) groups is 1. The van der Waals surface area contributed by atoms with Crippen LogP contribution in [0.15, 0.2) is 18.5 Å². The minimum Gasteiger partial charge on any atom is -0.490 e. The smallest absolute Gasteiger partial charge is 0.255 e. The Morgan fingerprint density at radius 2 is 2.08 bits per heavy atom. The minimum atomic E-state index is -0.283. The third-order valence-corrected chi connectivity index (χ3v) is 5.35. The highest BCUT2D eigenvalue weighted by Gasteiger charge is 2.39. The molecule has 6 nitrogen and oxygen atoms in total. The van der Waals surface area contributed by atoms with Gasteiger partial charge in [-0.2, -0.15) is 0 Å². The van der Waals surface area contributed by atoms with Crippen molar-refractivity contribution >= 4 is 5.91 Å². The first-order valence-corrected chi connectivity index (χ1v) is 9.26. The van der Waals surface area contributed by atoms with Crippen LogP contribution in [0.5, 0.6) is 5.75 Å². The first-order valence-electron chi connectivity index (χ1n) is 9.26. The molecule has 1 amide bonds. The average Bonchev–Trinajstić information content (AvgIpc) is 3.11. The molecule has 1 aromatic heterocycles. The number of aromatic nitrogens is 1. The van der Waals surface area contributed by atoms with E-state index in [-0.39, 0.29) is 24.0 Å². The Kier molecular flexibility index (Phi) is 6.26. The zero-order valence-corrected chi connectivity index (χ0v) is 14.9. The Bertz CT molecular complexity index is 580. The number of hydrogen-bond acceptors (Lipinski definition) is 5. The lowest BCUT2D eigenvalue weighted by molar-refractivity contribution is 0.0211. The van der Waals surface area contributed by atoms with Crippen LogP contribution >= 0.6 is 0 Å². The van der Waals surface area contributed by atoms with Crippen molar-refractivity contribution in [3.05, 3.63) is 24.0 Å². The first-order chi connectivity index (χ1) is 12.2. The standard InChI is InChI=1S/C19H28N2O4/c1-24-9-10-25-15-11-14(12-20-13-15)19(23)21-8-4-6-17(21)16-5-2-3-7-18(16)22/h11-13,16-18,22H,2-10H2,1H3/t16-,17+,18-/m0/s1. The number of nitrogens with zero attached hydrogens (tertiary/aromatic N) is 2. The van der Waals surface area contributed by atoms with Crippen molar-refractivity contribution < 1.29 is 19.4 Å². The van der Waals surface area contributed by atoms with E-state index < -0.39 is 0 Å². The molecule has 0 radical (unpaired) electrons. The lowest BCUT2D eigenvalue weighted by atomic mass is 9.80. The summed E-state index contributed by atoms with van der Waals surface area (Å²) in [7, 11) is 1.62. The number of methoxy groups -OCH3 is 1. The van der Waals surface area contributed by atoms with E-state index in [0.29, 0.717) is 24.5 Å². The van der Waals surface area contributed by atoms with Crippen LogP contribution < -0.4 is 4.74 Å². The molecule has 2 aliphatic rings. The summed E-state index contributed by atoms with van der Waals surface area (Å²) in [6.45, 7) is 1.67. The third kappa shape index (κ3) is 4.30. The van der Waals surface area contributed by atoms with E-state index in [9.17, 15) is 9.90 Å². The number of likely N-dealkylation sites (tertiary alicyclic amines) is 1. The first kappa shape index (κ1) is 18.1. The van der Waals surface area contributed by atoms with Gasteiger partial charge in [0.1, 0.15) is 12.4 Å².